The van der Waals surface area contributed by atoms with E-state index in [1.54, 1.807) is 13.8 Å². The number of rotatable bonds is 1. The zero-order chi connectivity index (χ0) is 16.9. The number of benzene rings is 1. The highest BCUT2D eigenvalue weighted by Gasteiger charge is 2.42. The van der Waals surface area contributed by atoms with Gasteiger partial charge in [-0.3, -0.25) is 4.79 Å². The van der Waals surface area contributed by atoms with Crippen LogP contribution in [-0.2, 0) is 16.4 Å². The highest BCUT2D eigenvalue weighted by Crippen LogP contribution is 2.43. The van der Waals surface area contributed by atoms with Crippen molar-refractivity contribution < 1.29 is 18.0 Å². The Morgan fingerprint density at radius 3 is 1.82 bits per heavy atom. The molecular formula is C18H19F3O. The molecule has 0 bridgehead atoms. The average molecular weight is 308 g/mol. The number of Topliss-reactive ketones (excluding diaryl/α,β-unsaturated/α-hetero) is 1. The monoisotopic (exact) mass is 308 g/mol. The summed E-state index contributed by atoms with van der Waals surface area (Å²) in [5.41, 5.74) is 2.52. The van der Waals surface area contributed by atoms with Crippen LogP contribution in [0.25, 0.3) is 0 Å². The summed E-state index contributed by atoms with van der Waals surface area (Å²) in [4.78, 5) is 12.8. The van der Waals surface area contributed by atoms with E-state index < -0.39 is 17.2 Å². The molecule has 0 aromatic heterocycles. The third-order valence-corrected chi connectivity index (χ3v) is 5.02. The standard InChI is InChI=1S/C18H19F3O/c1-10-11(2)13(4)17(5,16(22)12(10)3)14-6-8-15(9-7-14)18(19,20)21/h6-9H,1-5H3. The molecule has 1 aromatic rings. The van der Waals surface area contributed by atoms with Crippen LogP contribution in [0.2, 0.25) is 0 Å². The molecule has 0 aliphatic heterocycles. The Morgan fingerprint density at radius 2 is 1.36 bits per heavy atom. The van der Waals surface area contributed by atoms with E-state index >= 15 is 0 Å². The van der Waals surface area contributed by atoms with E-state index in [1.807, 2.05) is 20.8 Å². The molecule has 0 N–H and O–H groups in total. The van der Waals surface area contributed by atoms with Gasteiger partial charge in [-0.25, -0.2) is 0 Å². The summed E-state index contributed by atoms with van der Waals surface area (Å²) in [6, 6.07) is 4.89. The van der Waals surface area contributed by atoms with Crippen molar-refractivity contribution in [1.29, 1.82) is 0 Å². The van der Waals surface area contributed by atoms with E-state index in [0.29, 0.717) is 11.1 Å². The number of halogens is 3. The lowest BCUT2D eigenvalue weighted by atomic mass is 9.65. The molecule has 0 amide bonds. The number of carbonyl (C=O) groups excluding carboxylic acids is 1. The van der Waals surface area contributed by atoms with Crippen molar-refractivity contribution in [1.82, 2.24) is 0 Å². The first-order chi connectivity index (χ1) is 10.0. The molecule has 2 rings (SSSR count). The summed E-state index contributed by atoms with van der Waals surface area (Å²) in [5, 5.41) is 0. The van der Waals surface area contributed by atoms with Crippen molar-refractivity contribution in [3.63, 3.8) is 0 Å². The Bertz CT molecular complexity index is 690. The lowest BCUT2D eigenvalue weighted by molar-refractivity contribution is -0.137. The molecule has 0 spiro atoms. The molecule has 1 aliphatic carbocycles. The fourth-order valence-corrected chi connectivity index (χ4v) is 2.99. The molecule has 1 aromatic carbocycles. The minimum Gasteiger partial charge on any atom is -0.293 e. The molecule has 0 fully saturated rings. The molecule has 1 aliphatic rings. The molecule has 1 atom stereocenters. The summed E-state index contributed by atoms with van der Waals surface area (Å²) < 4.78 is 38.1. The number of allylic oxidation sites excluding steroid dienone is 4. The van der Waals surface area contributed by atoms with Crippen molar-refractivity contribution in [3.05, 3.63) is 57.7 Å². The first kappa shape index (κ1) is 16.5. The quantitative estimate of drug-likeness (QED) is 0.695. The van der Waals surface area contributed by atoms with Gasteiger partial charge in [0, 0.05) is 0 Å². The fourth-order valence-electron chi connectivity index (χ4n) is 2.99. The zero-order valence-corrected chi connectivity index (χ0v) is 13.4. The predicted octanol–water partition coefficient (Wildman–Crippen LogP) is 5.22. The van der Waals surface area contributed by atoms with E-state index in [2.05, 4.69) is 0 Å². The average Bonchev–Trinajstić information content (AvgIpc) is 2.48. The van der Waals surface area contributed by atoms with Crippen LogP contribution in [-0.4, -0.2) is 5.78 Å². The number of ketones is 1. The van der Waals surface area contributed by atoms with Gasteiger partial charge in [-0.05, 0) is 69.0 Å². The second-order valence-corrected chi connectivity index (χ2v) is 6.03. The molecule has 118 valence electrons. The van der Waals surface area contributed by atoms with Gasteiger partial charge < -0.3 is 0 Å². The fraction of sp³-hybridized carbons (Fsp3) is 0.389. The van der Waals surface area contributed by atoms with E-state index in [4.69, 9.17) is 0 Å². The van der Waals surface area contributed by atoms with Crippen molar-refractivity contribution in [2.24, 2.45) is 0 Å². The van der Waals surface area contributed by atoms with Gasteiger partial charge in [0.1, 0.15) is 0 Å². The van der Waals surface area contributed by atoms with Crippen LogP contribution >= 0.6 is 0 Å². The van der Waals surface area contributed by atoms with Crippen LogP contribution < -0.4 is 0 Å². The molecule has 0 saturated heterocycles. The second-order valence-electron chi connectivity index (χ2n) is 6.03. The second kappa shape index (κ2) is 5.11. The van der Waals surface area contributed by atoms with E-state index in [0.717, 1.165) is 28.9 Å². The van der Waals surface area contributed by atoms with E-state index in [1.165, 1.54) is 12.1 Å². The third-order valence-electron chi connectivity index (χ3n) is 5.02. The van der Waals surface area contributed by atoms with Crippen LogP contribution in [0.4, 0.5) is 13.2 Å². The first-order valence-electron chi connectivity index (χ1n) is 7.09. The van der Waals surface area contributed by atoms with Gasteiger partial charge in [0.05, 0.1) is 11.0 Å². The van der Waals surface area contributed by atoms with Gasteiger partial charge in [-0.2, -0.15) is 13.2 Å². The third kappa shape index (κ3) is 2.31. The maximum absolute atomic E-state index is 12.8. The van der Waals surface area contributed by atoms with Crippen LogP contribution in [0.1, 0.15) is 45.7 Å². The number of hydrogen-bond donors (Lipinski definition) is 0. The maximum atomic E-state index is 12.8. The largest absolute Gasteiger partial charge is 0.416 e. The molecule has 0 heterocycles. The van der Waals surface area contributed by atoms with Crippen LogP contribution in [0.3, 0.4) is 0 Å². The Balaban J connectivity index is 2.59. The SMILES string of the molecule is CC1=C(C)C(C)=C(C)C(C)(c2ccc(C(F)(F)F)cc2)C1=O. The Morgan fingerprint density at radius 1 is 0.864 bits per heavy atom. The van der Waals surface area contributed by atoms with E-state index in [-0.39, 0.29) is 5.78 Å². The molecular weight excluding hydrogens is 289 g/mol. The topological polar surface area (TPSA) is 17.1 Å². The first-order valence-corrected chi connectivity index (χ1v) is 7.09. The summed E-state index contributed by atoms with van der Waals surface area (Å²) in [5.74, 6) is -0.0483. The lowest BCUT2D eigenvalue weighted by Gasteiger charge is -2.36. The molecule has 0 saturated carbocycles. The van der Waals surface area contributed by atoms with Crippen molar-refractivity contribution >= 4 is 5.78 Å². The van der Waals surface area contributed by atoms with Crippen molar-refractivity contribution in [2.75, 3.05) is 0 Å². The van der Waals surface area contributed by atoms with Crippen molar-refractivity contribution in [2.45, 2.75) is 46.2 Å². The van der Waals surface area contributed by atoms with Crippen LogP contribution in [0.5, 0.6) is 0 Å². The number of hydrogen-bond acceptors (Lipinski definition) is 1. The van der Waals surface area contributed by atoms with Crippen LogP contribution in [0, 0.1) is 0 Å². The minimum absolute atomic E-state index is 0.0483. The van der Waals surface area contributed by atoms with Gasteiger partial charge in [0.25, 0.3) is 0 Å². The van der Waals surface area contributed by atoms with Gasteiger partial charge in [0.2, 0.25) is 0 Å². The van der Waals surface area contributed by atoms with Crippen LogP contribution in [0.15, 0.2) is 46.6 Å². The molecule has 4 heteroatoms. The van der Waals surface area contributed by atoms with Gasteiger partial charge in [-0.15, -0.1) is 0 Å². The summed E-state index contributed by atoms with van der Waals surface area (Å²) >= 11 is 0. The lowest BCUT2D eigenvalue weighted by Crippen LogP contribution is -2.38. The van der Waals surface area contributed by atoms with Gasteiger partial charge >= 0.3 is 6.18 Å². The Kier molecular flexibility index (Phi) is 3.84. The summed E-state index contributed by atoms with van der Waals surface area (Å²) in [7, 11) is 0. The predicted molar refractivity (Wildman–Crippen MR) is 80.6 cm³/mol. The smallest absolute Gasteiger partial charge is 0.293 e. The number of carbonyl (C=O) groups is 1. The highest BCUT2D eigenvalue weighted by atomic mass is 19.4. The van der Waals surface area contributed by atoms with Crippen molar-refractivity contribution in [3.8, 4) is 0 Å². The number of alkyl halides is 3. The Hall–Kier alpha value is -1.84. The highest BCUT2D eigenvalue weighted by molar-refractivity contribution is 6.07. The zero-order valence-electron chi connectivity index (χ0n) is 13.4. The molecule has 0 radical (unpaired) electrons. The summed E-state index contributed by atoms with van der Waals surface area (Å²) in [6.45, 7) is 9.28. The molecule has 1 nitrogen and oxygen atoms in total. The van der Waals surface area contributed by atoms with Gasteiger partial charge in [-0.1, -0.05) is 17.7 Å². The van der Waals surface area contributed by atoms with Gasteiger partial charge in [0.15, 0.2) is 5.78 Å². The molecule has 22 heavy (non-hydrogen) atoms. The Labute approximate surface area is 128 Å². The maximum Gasteiger partial charge on any atom is 0.416 e. The molecule has 1 unspecified atom stereocenters. The summed E-state index contributed by atoms with van der Waals surface area (Å²) in [6.07, 6.45) is -4.37. The van der Waals surface area contributed by atoms with E-state index in [9.17, 15) is 18.0 Å². The minimum atomic E-state index is -4.37. The normalized spacial score (nSPS) is 23.4.